The van der Waals surface area contributed by atoms with Gasteiger partial charge in [0.1, 0.15) is 0 Å². The van der Waals surface area contributed by atoms with Gasteiger partial charge in [0.2, 0.25) is 0 Å². The minimum atomic E-state index is -3.12. The first-order chi connectivity index (χ1) is 34.2. The van der Waals surface area contributed by atoms with Crippen LogP contribution in [0.15, 0.2) is 115 Å². The predicted octanol–water partition coefficient (Wildman–Crippen LogP) is 15.4. The van der Waals surface area contributed by atoms with Crippen LogP contribution in [-0.2, 0) is 21.7 Å². The summed E-state index contributed by atoms with van der Waals surface area (Å²) in [4.78, 5) is 4.67. The fraction of sp³-hybridized carbons (Fsp3) is 0.356. The van der Waals surface area contributed by atoms with E-state index in [0.29, 0.717) is 10.1 Å². The molecule has 0 fully saturated rings. The lowest BCUT2D eigenvalue weighted by atomic mass is 9.36. The third-order valence-electron chi connectivity index (χ3n) is 14.0. The number of hydrogen-bond donors (Lipinski definition) is 0. The monoisotopic (exact) mass is 856 g/mol. The van der Waals surface area contributed by atoms with E-state index in [-0.39, 0.29) is 27.9 Å². The van der Waals surface area contributed by atoms with Crippen molar-refractivity contribution in [2.24, 2.45) is 0 Å². The van der Waals surface area contributed by atoms with Gasteiger partial charge in [-0.3, -0.25) is 0 Å². The Bertz CT molecular complexity index is 3340. The van der Waals surface area contributed by atoms with Crippen LogP contribution in [-0.4, -0.2) is 6.71 Å². The van der Waals surface area contributed by atoms with Crippen LogP contribution >= 0.6 is 11.3 Å². The van der Waals surface area contributed by atoms with Gasteiger partial charge in [0, 0.05) is 58.3 Å². The Hall–Kier alpha value is -5.06. The predicted molar refractivity (Wildman–Crippen MR) is 277 cm³/mol. The number of nitrogens with zero attached hydrogens (tertiary/aromatic N) is 2. The van der Waals surface area contributed by atoms with Gasteiger partial charge in [-0.05, 0) is 158 Å². The molecular weight excluding hydrogens is 780 g/mol. The average molecular weight is 856 g/mol. The number of aryl methyl sites for hydroxylation is 1. The molecular formula is C59H65BN2S. The van der Waals surface area contributed by atoms with Gasteiger partial charge in [0.15, 0.2) is 0 Å². The first kappa shape index (κ1) is 30.9. The van der Waals surface area contributed by atoms with Gasteiger partial charge in [-0.15, -0.1) is 11.3 Å². The van der Waals surface area contributed by atoms with Crippen molar-refractivity contribution in [2.75, 3.05) is 9.80 Å². The summed E-state index contributed by atoms with van der Waals surface area (Å²) < 4.78 is 102. The largest absolute Gasteiger partial charge is 0.311 e. The normalized spacial score (nSPS) is 21.2. The van der Waals surface area contributed by atoms with Crippen LogP contribution in [0.2, 0.25) is 0 Å². The van der Waals surface area contributed by atoms with Crippen molar-refractivity contribution < 1.29 is 15.1 Å². The molecule has 1 atom stereocenters. The molecule has 0 saturated carbocycles. The van der Waals surface area contributed by atoms with E-state index in [0.717, 1.165) is 77.6 Å². The van der Waals surface area contributed by atoms with E-state index >= 15 is 0 Å². The molecule has 1 aliphatic carbocycles. The molecule has 0 amide bonds. The van der Waals surface area contributed by atoms with Crippen molar-refractivity contribution in [1.29, 1.82) is 0 Å². The van der Waals surface area contributed by atoms with Crippen LogP contribution in [0.4, 0.5) is 34.1 Å². The minimum absolute atomic E-state index is 0.0751. The van der Waals surface area contributed by atoms with Crippen LogP contribution in [0.5, 0.6) is 0 Å². The highest BCUT2D eigenvalue weighted by Crippen LogP contribution is 2.54. The Labute approximate surface area is 397 Å². The van der Waals surface area contributed by atoms with Crippen molar-refractivity contribution in [3.8, 4) is 11.1 Å². The summed E-state index contributed by atoms with van der Waals surface area (Å²) >= 11 is 1.49. The second-order valence-electron chi connectivity index (χ2n) is 20.7. The van der Waals surface area contributed by atoms with E-state index in [9.17, 15) is 2.74 Å². The van der Waals surface area contributed by atoms with Crippen molar-refractivity contribution in [2.45, 2.75) is 137 Å². The lowest BCUT2D eigenvalue weighted by molar-refractivity contribution is 0.305. The van der Waals surface area contributed by atoms with Crippen molar-refractivity contribution in [3.63, 3.8) is 0 Å². The second-order valence-corrected chi connectivity index (χ2v) is 21.8. The van der Waals surface area contributed by atoms with Gasteiger partial charge in [0.25, 0.3) is 6.71 Å². The molecule has 320 valence electrons. The first-order valence-corrected chi connectivity index (χ1v) is 23.4. The van der Waals surface area contributed by atoms with Crippen LogP contribution in [0.3, 0.4) is 0 Å². The maximum Gasteiger partial charge on any atom is 0.264 e. The van der Waals surface area contributed by atoms with E-state index in [4.69, 9.17) is 12.3 Å². The molecule has 0 spiro atoms. The molecule has 0 saturated heterocycles. The van der Waals surface area contributed by atoms with E-state index in [1.165, 1.54) is 23.8 Å². The number of hydrogen-bond acceptors (Lipinski definition) is 3. The minimum Gasteiger partial charge on any atom is -0.311 e. The Morgan fingerprint density at radius 3 is 2.02 bits per heavy atom. The van der Waals surface area contributed by atoms with Gasteiger partial charge < -0.3 is 9.80 Å². The van der Waals surface area contributed by atoms with Crippen LogP contribution in [0, 0.1) is 6.92 Å². The Morgan fingerprint density at radius 1 is 0.714 bits per heavy atom. The molecule has 10 rings (SSSR count). The molecule has 6 aromatic carbocycles. The fourth-order valence-electron chi connectivity index (χ4n) is 10.3. The smallest absolute Gasteiger partial charge is 0.264 e. The van der Waals surface area contributed by atoms with Gasteiger partial charge in [-0.25, -0.2) is 0 Å². The molecule has 2 nitrogen and oxygen atoms in total. The maximum atomic E-state index is 9.30. The maximum absolute atomic E-state index is 9.30. The summed E-state index contributed by atoms with van der Waals surface area (Å²) in [6, 6.07) is 40.4. The van der Waals surface area contributed by atoms with E-state index in [1.807, 2.05) is 6.07 Å². The number of rotatable bonds is 5. The third kappa shape index (κ3) is 6.64. The average Bonchev–Trinajstić information content (AvgIpc) is 3.66. The second kappa shape index (κ2) is 14.5. The SMILES string of the molecule is [2H]C([2H])([2H])C1(C([2H])([2H])[2H])CCC(C([2H])([2H])[2H])(C([2H])([2H])C)c2cc3sc4c(c3cc21)N(c1ccc(C(C)C)cc1)c1cc(C)cc2c1B4c1cc(C(C)(C)C)ccc1N2c1ccc(C(C)(C)C)cc1-c1ccccc1. The highest BCUT2D eigenvalue weighted by molar-refractivity contribution is 7.33. The molecule has 3 heterocycles. The lowest BCUT2D eigenvalue weighted by Gasteiger charge is -2.44. The zero-order valence-corrected chi connectivity index (χ0v) is 39.2. The van der Waals surface area contributed by atoms with Crippen molar-refractivity contribution >= 4 is 78.0 Å². The lowest BCUT2D eigenvalue weighted by Crippen LogP contribution is -2.60. The summed E-state index contributed by atoms with van der Waals surface area (Å²) in [7, 11) is 0. The molecule has 0 N–H and O–H groups in total. The molecule has 0 radical (unpaired) electrons. The van der Waals surface area contributed by atoms with Crippen molar-refractivity contribution in [1.82, 2.24) is 0 Å². The Kier molecular flexibility index (Phi) is 7.11. The summed E-state index contributed by atoms with van der Waals surface area (Å²) in [6.45, 7) is 11.4. The van der Waals surface area contributed by atoms with Crippen LogP contribution in [0.1, 0.15) is 156 Å². The fourth-order valence-corrected chi connectivity index (χ4v) is 11.7. The number of benzene rings is 6. The van der Waals surface area contributed by atoms with Crippen LogP contribution in [0.25, 0.3) is 21.2 Å². The molecule has 7 aromatic rings. The zero-order valence-electron chi connectivity index (χ0n) is 49.3. The van der Waals surface area contributed by atoms with Gasteiger partial charge in [-0.1, -0.05) is 144 Å². The highest BCUT2D eigenvalue weighted by atomic mass is 32.1. The topological polar surface area (TPSA) is 6.48 Å². The number of thiophene rings is 1. The van der Waals surface area contributed by atoms with Crippen molar-refractivity contribution in [3.05, 3.63) is 149 Å². The summed E-state index contributed by atoms with van der Waals surface area (Å²) in [5.41, 5.74) is 8.98. The van der Waals surface area contributed by atoms with E-state index in [1.54, 1.807) is 12.1 Å². The quantitative estimate of drug-likeness (QED) is 0.159. The van der Waals surface area contributed by atoms with Gasteiger partial charge in [-0.2, -0.15) is 0 Å². The number of fused-ring (bicyclic) bond motifs is 7. The highest BCUT2D eigenvalue weighted by Gasteiger charge is 2.47. The Balaban J connectivity index is 1.38. The zero-order chi connectivity index (χ0) is 53.8. The van der Waals surface area contributed by atoms with Crippen LogP contribution < -0.4 is 25.5 Å². The number of anilines is 6. The third-order valence-corrected chi connectivity index (χ3v) is 15.2. The summed E-state index contributed by atoms with van der Waals surface area (Å²) in [5, 5.41) is 0.585. The standard InChI is InChI=1S/C59H65BN2S/c1-14-59(13)29-28-58(11,12)45-34-44-52(35-46(45)59)63-55-54(44)61(42-24-20-38(21-25-42)36(2)3)50-30-37(4)31-51-53(50)60(55)47-33-41(57(8,9)10)23-27-49(47)62(51)48-26-22-40(56(5,6)7)32-43(48)39-18-16-15-17-19-39/h15-27,30-36H,14,28-29H2,1-13H3/i11D3,12D3,13D3,14D2. The molecule has 63 heavy (non-hydrogen) atoms. The van der Waals surface area contributed by atoms with Gasteiger partial charge >= 0.3 is 0 Å². The Morgan fingerprint density at radius 2 is 1.38 bits per heavy atom. The summed E-state index contributed by atoms with van der Waals surface area (Å²) in [5.74, 6) is 0.252. The summed E-state index contributed by atoms with van der Waals surface area (Å²) in [6.07, 6.45) is -3.50. The van der Waals surface area contributed by atoms with Gasteiger partial charge in [0.05, 0.1) is 11.4 Å². The molecule has 2 aliphatic heterocycles. The van der Waals surface area contributed by atoms with E-state index < -0.39 is 57.3 Å². The molecule has 1 unspecified atom stereocenters. The van der Waals surface area contributed by atoms with E-state index in [2.05, 4.69) is 169 Å². The molecule has 0 bridgehead atoms. The molecule has 1 aromatic heterocycles. The first-order valence-electron chi connectivity index (χ1n) is 28.0. The molecule has 4 heteroatoms. The molecule has 3 aliphatic rings.